The molecule has 0 aliphatic rings. The fourth-order valence-electron chi connectivity index (χ4n) is 1.01. The minimum atomic E-state index is 0.755. The maximum absolute atomic E-state index is 5.58. The monoisotopic (exact) mass is 145 g/mol. The molecule has 0 spiro atoms. The Balaban J connectivity index is 2.83. The maximum Gasteiger partial charge on any atom is 0.0931 e. The molecule has 54 valence electrons. The van der Waals surface area contributed by atoms with E-state index in [-0.39, 0.29) is 0 Å². The van der Waals surface area contributed by atoms with E-state index in [2.05, 4.69) is 10.2 Å². The summed E-state index contributed by atoms with van der Waals surface area (Å²) in [6.45, 7) is 0. The van der Waals surface area contributed by atoms with Gasteiger partial charge in [-0.05, 0) is 24.3 Å². The first-order valence-corrected chi connectivity index (χ1v) is 3.33. The Morgan fingerprint density at radius 2 is 2.09 bits per heavy atom. The second-order valence-corrected chi connectivity index (χ2v) is 2.35. The fourth-order valence-corrected chi connectivity index (χ4v) is 1.01. The Morgan fingerprint density at radius 1 is 1.18 bits per heavy atom. The van der Waals surface area contributed by atoms with E-state index in [9.17, 15) is 0 Å². The van der Waals surface area contributed by atoms with Gasteiger partial charge in [-0.1, -0.05) is 0 Å². The number of nitrogens with two attached hydrogens (primary N) is 1. The van der Waals surface area contributed by atoms with Crippen LogP contribution in [0.1, 0.15) is 0 Å². The van der Waals surface area contributed by atoms with Gasteiger partial charge in [0.05, 0.1) is 11.7 Å². The van der Waals surface area contributed by atoms with Gasteiger partial charge < -0.3 is 5.73 Å². The number of hydrogen-bond acceptors (Lipinski definition) is 3. The zero-order valence-corrected chi connectivity index (χ0v) is 5.86. The molecule has 1 aromatic carbocycles. The molecule has 0 aliphatic heterocycles. The predicted molar refractivity (Wildman–Crippen MR) is 44.0 cm³/mol. The van der Waals surface area contributed by atoms with Gasteiger partial charge in [0.2, 0.25) is 0 Å². The molecule has 3 heteroatoms. The van der Waals surface area contributed by atoms with Crippen molar-refractivity contribution in [2.24, 2.45) is 0 Å². The first-order valence-electron chi connectivity index (χ1n) is 3.33. The molecule has 0 aliphatic carbocycles. The maximum atomic E-state index is 5.58. The molecule has 0 fully saturated rings. The van der Waals surface area contributed by atoms with Crippen molar-refractivity contribution in [3.63, 3.8) is 0 Å². The lowest BCUT2D eigenvalue weighted by atomic mass is 10.2. The molecule has 0 unspecified atom stereocenters. The molecule has 0 saturated carbocycles. The quantitative estimate of drug-likeness (QED) is 0.567. The molecule has 1 aromatic heterocycles. The van der Waals surface area contributed by atoms with Crippen molar-refractivity contribution < 1.29 is 0 Å². The third-order valence-corrected chi connectivity index (χ3v) is 1.54. The number of anilines is 1. The molecule has 3 nitrogen and oxygen atoms in total. The molecule has 2 aromatic rings. The van der Waals surface area contributed by atoms with Crippen LogP contribution in [0.3, 0.4) is 0 Å². The van der Waals surface area contributed by atoms with E-state index in [4.69, 9.17) is 5.73 Å². The lowest BCUT2D eigenvalue weighted by molar-refractivity contribution is 1.08. The standard InChI is InChI=1S/C8H7N3/c9-7-1-2-8-6(5-7)3-4-10-11-8/h1-5H,9H2. The second kappa shape index (κ2) is 2.20. The SMILES string of the molecule is Nc1ccc2nnccc2c1. The highest BCUT2D eigenvalue weighted by Crippen LogP contribution is 2.12. The predicted octanol–water partition coefficient (Wildman–Crippen LogP) is 1.21. The molecule has 0 saturated heterocycles. The molecule has 2 N–H and O–H groups in total. The average molecular weight is 145 g/mol. The summed E-state index contributed by atoms with van der Waals surface area (Å²) in [6.07, 6.45) is 1.65. The lowest BCUT2D eigenvalue weighted by Crippen LogP contribution is -1.86. The second-order valence-electron chi connectivity index (χ2n) is 2.35. The number of fused-ring (bicyclic) bond motifs is 1. The smallest absolute Gasteiger partial charge is 0.0931 e. The highest BCUT2D eigenvalue weighted by atomic mass is 15.1. The van der Waals surface area contributed by atoms with Crippen molar-refractivity contribution in [2.45, 2.75) is 0 Å². The molecule has 2 rings (SSSR count). The van der Waals surface area contributed by atoms with Gasteiger partial charge in [-0.25, -0.2) is 0 Å². The van der Waals surface area contributed by atoms with Gasteiger partial charge in [-0.3, -0.25) is 0 Å². The highest BCUT2D eigenvalue weighted by Gasteiger charge is 1.92. The van der Waals surface area contributed by atoms with Crippen molar-refractivity contribution in [3.05, 3.63) is 30.5 Å². The fraction of sp³-hybridized carbons (Fsp3) is 0. The molecular weight excluding hydrogens is 138 g/mol. The molecule has 0 amide bonds. The van der Waals surface area contributed by atoms with E-state index in [1.807, 2.05) is 24.3 Å². The van der Waals surface area contributed by atoms with Gasteiger partial charge in [0.15, 0.2) is 0 Å². The van der Waals surface area contributed by atoms with Crippen molar-refractivity contribution in [3.8, 4) is 0 Å². The Kier molecular flexibility index (Phi) is 1.22. The van der Waals surface area contributed by atoms with Crippen LogP contribution in [0.4, 0.5) is 5.69 Å². The third kappa shape index (κ3) is 1.00. The molecule has 1 heterocycles. The van der Waals surface area contributed by atoms with Crippen LogP contribution in [0.25, 0.3) is 10.9 Å². The minimum absolute atomic E-state index is 0.755. The van der Waals surface area contributed by atoms with Crippen LogP contribution in [0.15, 0.2) is 30.5 Å². The summed E-state index contributed by atoms with van der Waals surface area (Å²) in [5, 5.41) is 8.70. The average Bonchev–Trinajstić information content (AvgIpc) is 2.04. The lowest BCUT2D eigenvalue weighted by Gasteiger charge is -1.95. The highest BCUT2D eigenvalue weighted by molar-refractivity contribution is 5.80. The Morgan fingerprint density at radius 3 is 3.00 bits per heavy atom. The third-order valence-electron chi connectivity index (χ3n) is 1.54. The number of benzene rings is 1. The summed E-state index contributed by atoms with van der Waals surface area (Å²) in [5.74, 6) is 0. The van der Waals surface area contributed by atoms with E-state index in [1.54, 1.807) is 6.20 Å². The van der Waals surface area contributed by atoms with Gasteiger partial charge in [0.25, 0.3) is 0 Å². The molecule has 11 heavy (non-hydrogen) atoms. The minimum Gasteiger partial charge on any atom is -0.399 e. The van der Waals surface area contributed by atoms with Gasteiger partial charge in [0.1, 0.15) is 0 Å². The van der Waals surface area contributed by atoms with E-state index >= 15 is 0 Å². The Hall–Kier alpha value is -1.64. The van der Waals surface area contributed by atoms with Crippen LogP contribution in [-0.2, 0) is 0 Å². The number of nitrogens with zero attached hydrogens (tertiary/aromatic N) is 2. The van der Waals surface area contributed by atoms with Crippen molar-refractivity contribution in [1.82, 2.24) is 10.2 Å². The summed E-state index contributed by atoms with van der Waals surface area (Å²) in [7, 11) is 0. The van der Waals surface area contributed by atoms with Crippen LogP contribution in [0, 0.1) is 0 Å². The van der Waals surface area contributed by atoms with Crippen LogP contribution in [0.2, 0.25) is 0 Å². The van der Waals surface area contributed by atoms with E-state index in [1.165, 1.54) is 0 Å². The van der Waals surface area contributed by atoms with Crippen molar-refractivity contribution in [2.75, 3.05) is 5.73 Å². The van der Waals surface area contributed by atoms with E-state index in [0.717, 1.165) is 16.6 Å². The molecule has 0 radical (unpaired) electrons. The Labute approximate surface area is 63.9 Å². The molecular formula is C8H7N3. The van der Waals surface area contributed by atoms with Crippen LogP contribution in [0.5, 0.6) is 0 Å². The van der Waals surface area contributed by atoms with Gasteiger partial charge in [0, 0.05) is 11.1 Å². The van der Waals surface area contributed by atoms with Gasteiger partial charge in [-0.15, -0.1) is 0 Å². The summed E-state index contributed by atoms with van der Waals surface area (Å²) < 4.78 is 0. The van der Waals surface area contributed by atoms with Crippen LogP contribution < -0.4 is 5.73 Å². The molecule has 0 bridgehead atoms. The van der Waals surface area contributed by atoms with E-state index < -0.39 is 0 Å². The number of aromatic nitrogens is 2. The van der Waals surface area contributed by atoms with Gasteiger partial charge in [-0.2, -0.15) is 10.2 Å². The zero-order valence-electron chi connectivity index (χ0n) is 5.86. The van der Waals surface area contributed by atoms with Crippen LogP contribution in [-0.4, -0.2) is 10.2 Å². The Bertz CT molecular complexity index is 384. The van der Waals surface area contributed by atoms with Crippen molar-refractivity contribution in [1.29, 1.82) is 0 Å². The number of nitrogen functional groups attached to an aromatic ring is 1. The number of hydrogen-bond donors (Lipinski definition) is 1. The first-order chi connectivity index (χ1) is 5.36. The van der Waals surface area contributed by atoms with Crippen LogP contribution >= 0.6 is 0 Å². The summed E-state index contributed by atoms with van der Waals surface area (Å²) in [4.78, 5) is 0. The first kappa shape index (κ1) is 6.09. The molecule has 0 atom stereocenters. The largest absolute Gasteiger partial charge is 0.399 e. The normalized spacial score (nSPS) is 10.2. The summed E-state index contributed by atoms with van der Waals surface area (Å²) in [6, 6.07) is 7.44. The van der Waals surface area contributed by atoms with Crippen molar-refractivity contribution >= 4 is 16.6 Å². The summed E-state index contributed by atoms with van der Waals surface area (Å²) in [5.41, 5.74) is 7.21. The summed E-state index contributed by atoms with van der Waals surface area (Å²) >= 11 is 0. The van der Waals surface area contributed by atoms with E-state index in [0.29, 0.717) is 0 Å². The van der Waals surface area contributed by atoms with Gasteiger partial charge >= 0.3 is 0 Å². The zero-order chi connectivity index (χ0) is 7.68. The topological polar surface area (TPSA) is 51.8 Å². The number of rotatable bonds is 0.